The van der Waals surface area contributed by atoms with Crippen LogP contribution < -0.4 is 10.1 Å². The molecule has 1 aliphatic heterocycles. The molecular formula is C19H20N2O3S. The van der Waals surface area contributed by atoms with E-state index < -0.39 is 10.0 Å². The first-order valence-corrected chi connectivity index (χ1v) is 9.69. The third-order valence-electron chi connectivity index (χ3n) is 4.74. The highest BCUT2D eigenvalue weighted by Gasteiger charge is 2.28. The van der Waals surface area contributed by atoms with Crippen molar-refractivity contribution in [3.63, 3.8) is 0 Å². The van der Waals surface area contributed by atoms with Crippen LogP contribution in [0.1, 0.15) is 16.8 Å². The molecule has 3 aromatic rings. The number of nitrogens with one attached hydrogen (secondary N) is 1. The van der Waals surface area contributed by atoms with Crippen molar-refractivity contribution in [2.75, 3.05) is 13.7 Å². The summed E-state index contributed by atoms with van der Waals surface area (Å²) in [5.41, 5.74) is 3.64. The number of benzene rings is 2. The highest BCUT2D eigenvalue weighted by molar-refractivity contribution is 7.90. The van der Waals surface area contributed by atoms with Crippen LogP contribution >= 0.6 is 0 Å². The van der Waals surface area contributed by atoms with Gasteiger partial charge in [0.05, 0.1) is 17.5 Å². The van der Waals surface area contributed by atoms with E-state index in [2.05, 4.69) is 5.32 Å². The topological polar surface area (TPSA) is 60.3 Å². The van der Waals surface area contributed by atoms with Crippen molar-refractivity contribution < 1.29 is 13.2 Å². The fraction of sp³-hybridized carbons (Fsp3) is 0.263. The van der Waals surface area contributed by atoms with Crippen molar-refractivity contribution in [1.82, 2.24) is 9.29 Å². The zero-order chi connectivity index (χ0) is 17.6. The molecule has 0 radical (unpaired) electrons. The van der Waals surface area contributed by atoms with Gasteiger partial charge in [-0.2, -0.15) is 0 Å². The summed E-state index contributed by atoms with van der Waals surface area (Å²) < 4.78 is 33.6. The number of fused-ring (bicyclic) bond motifs is 3. The van der Waals surface area contributed by atoms with Crippen molar-refractivity contribution in [3.05, 3.63) is 59.3 Å². The quantitative estimate of drug-likeness (QED) is 0.784. The molecule has 2 heterocycles. The number of methoxy groups -OCH3 is 1. The molecule has 0 amide bonds. The number of aryl methyl sites for hydroxylation is 1. The van der Waals surface area contributed by atoms with Crippen LogP contribution in [-0.4, -0.2) is 26.0 Å². The Morgan fingerprint density at radius 1 is 1.12 bits per heavy atom. The molecule has 130 valence electrons. The fourth-order valence-corrected chi connectivity index (χ4v) is 5.05. The van der Waals surface area contributed by atoms with Gasteiger partial charge in [-0.25, -0.2) is 12.4 Å². The van der Waals surface area contributed by atoms with Gasteiger partial charge >= 0.3 is 0 Å². The van der Waals surface area contributed by atoms with Gasteiger partial charge in [0.1, 0.15) is 5.75 Å². The molecule has 1 aliphatic rings. The van der Waals surface area contributed by atoms with Gasteiger partial charge in [-0.15, -0.1) is 0 Å². The molecule has 0 unspecified atom stereocenters. The molecule has 0 saturated carbocycles. The van der Waals surface area contributed by atoms with Crippen molar-refractivity contribution in [3.8, 4) is 5.75 Å². The Labute approximate surface area is 147 Å². The van der Waals surface area contributed by atoms with Gasteiger partial charge in [0.2, 0.25) is 0 Å². The highest BCUT2D eigenvalue weighted by Crippen LogP contribution is 2.34. The lowest BCUT2D eigenvalue weighted by Gasteiger charge is -2.17. The van der Waals surface area contributed by atoms with Crippen LogP contribution in [0.5, 0.6) is 5.75 Å². The maximum Gasteiger partial charge on any atom is 0.268 e. The molecule has 0 fully saturated rings. The van der Waals surface area contributed by atoms with Crippen LogP contribution in [-0.2, 0) is 23.0 Å². The van der Waals surface area contributed by atoms with E-state index in [0.29, 0.717) is 23.4 Å². The number of nitrogens with zero attached hydrogens (tertiary/aromatic N) is 1. The Kier molecular flexibility index (Phi) is 3.81. The number of aromatic nitrogens is 1. The molecule has 1 N–H and O–H groups in total. The van der Waals surface area contributed by atoms with E-state index in [1.165, 1.54) is 3.97 Å². The van der Waals surface area contributed by atoms with Crippen molar-refractivity contribution in [2.45, 2.75) is 24.8 Å². The number of ether oxygens (including phenoxy) is 1. The average Bonchev–Trinajstić information content (AvgIpc) is 2.96. The third kappa shape index (κ3) is 2.53. The SMILES string of the molecule is COc1ccc2c(c1)c1c(n2S(=O)(=O)c2ccc(C)cc2)CCNC1. The molecule has 25 heavy (non-hydrogen) atoms. The van der Waals surface area contributed by atoms with Gasteiger partial charge in [0, 0.05) is 30.6 Å². The Bertz CT molecular complexity index is 1050. The second kappa shape index (κ2) is 5.89. The third-order valence-corrected chi connectivity index (χ3v) is 6.51. The van der Waals surface area contributed by atoms with Crippen LogP contribution in [0.15, 0.2) is 47.4 Å². The average molecular weight is 356 g/mol. The predicted octanol–water partition coefficient (Wildman–Crippen LogP) is 2.84. The Hall–Kier alpha value is -2.31. The molecule has 5 nitrogen and oxygen atoms in total. The minimum Gasteiger partial charge on any atom is -0.497 e. The Morgan fingerprint density at radius 3 is 2.60 bits per heavy atom. The summed E-state index contributed by atoms with van der Waals surface area (Å²) in [7, 11) is -2.03. The smallest absolute Gasteiger partial charge is 0.268 e. The van der Waals surface area contributed by atoms with Gasteiger partial charge in [-0.05, 0) is 42.8 Å². The summed E-state index contributed by atoms with van der Waals surface area (Å²) in [5.74, 6) is 0.728. The lowest BCUT2D eigenvalue weighted by atomic mass is 10.1. The van der Waals surface area contributed by atoms with Crippen LogP contribution in [0.3, 0.4) is 0 Å². The number of rotatable bonds is 3. The largest absolute Gasteiger partial charge is 0.497 e. The maximum atomic E-state index is 13.4. The molecule has 0 aliphatic carbocycles. The van der Waals surface area contributed by atoms with Crippen molar-refractivity contribution in [2.24, 2.45) is 0 Å². The van der Waals surface area contributed by atoms with Gasteiger partial charge in [0.15, 0.2) is 0 Å². The molecule has 1 aromatic heterocycles. The highest BCUT2D eigenvalue weighted by atomic mass is 32.2. The van der Waals surface area contributed by atoms with Crippen LogP contribution in [0.2, 0.25) is 0 Å². The molecule has 2 aromatic carbocycles. The van der Waals surface area contributed by atoms with Crippen LogP contribution in [0.25, 0.3) is 10.9 Å². The molecule has 0 saturated heterocycles. The number of hydrogen-bond donors (Lipinski definition) is 1. The lowest BCUT2D eigenvalue weighted by molar-refractivity contribution is 0.415. The Morgan fingerprint density at radius 2 is 1.88 bits per heavy atom. The van der Waals surface area contributed by atoms with Crippen molar-refractivity contribution >= 4 is 20.9 Å². The molecule has 0 spiro atoms. The fourth-order valence-electron chi connectivity index (χ4n) is 3.44. The summed E-state index contributed by atoms with van der Waals surface area (Å²) in [6.07, 6.45) is 0.678. The van der Waals surface area contributed by atoms with E-state index in [1.54, 1.807) is 19.2 Å². The monoisotopic (exact) mass is 356 g/mol. The first-order chi connectivity index (χ1) is 12.0. The number of hydrogen-bond acceptors (Lipinski definition) is 4. The van der Waals surface area contributed by atoms with E-state index in [9.17, 15) is 8.42 Å². The van der Waals surface area contributed by atoms with E-state index in [-0.39, 0.29) is 0 Å². The zero-order valence-corrected chi connectivity index (χ0v) is 15.1. The summed E-state index contributed by atoms with van der Waals surface area (Å²) in [6, 6.07) is 12.6. The maximum absolute atomic E-state index is 13.4. The molecule has 0 bridgehead atoms. The first-order valence-electron chi connectivity index (χ1n) is 8.25. The second-order valence-corrected chi connectivity index (χ2v) is 8.10. The standard InChI is InChI=1S/C19H20N2O3S/c1-13-3-6-15(7-4-13)25(22,23)21-18-8-5-14(24-2)11-16(18)17-12-20-10-9-19(17)21/h3-8,11,20H,9-10,12H2,1-2H3. The Balaban J connectivity index is 2.02. The predicted molar refractivity (Wildman–Crippen MR) is 97.7 cm³/mol. The van der Waals surface area contributed by atoms with E-state index in [4.69, 9.17) is 4.74 Å². The summed E-state index contributed by atoms with van der Waals surface area (Å²) in [4.78, 5) is 0.312. The summed E-state index contributed by atoms with van der Waals surface area (Å²) in [6.45, 7) is 3.38. The first kappa shape index (κ1) is 16.2. The molecule has 0 atom stereocenters. The van der Waals surface area contributed by atoms with E-state index >= 15 is 0 Å². The minimum absolute atomic E-state index is 0.312. The molecule has 4 rings (SSSR count). The van der Waals surface area contributed by atoms with Gasteiger partial charge in [-0.3, -0.25) is 0 Å². The second-order valence-electron chi connectivity index (χ2n) is 6.32. The summed E-state index contributed by atoms with van der Waals surface area (Å²) >= 11 is 0. The van der Waals surface area contributed by atoms with Gasteiger partial charge < -0.3 is 10.1 Å². The molecular weight excluding hydrogens is 336 g/mol. The van der Waals surface area contributed by atoms with Crippen LogP contribution in [0, 0.1) is 6.92 Å². The van der Waals surface area contributed by atoms with E-state index in [1.807, 2.05) is 37.3 Å². The molecule has 6 heteroatoms. The zero-order valence-electron chi connectivity index (χ0n) is 14.2. The van der Waals surface area contributed by atoms with Gasteiger partial charge in [-0.1, -0.05) is 17.7 Å². The summed E-state index contributed by atoms with van der Waals surface area (Å²) in [5, 5.41) is 4.26. The van der Waals surface area contributed by atoms with Crippen LogP contribution in [0.4, 0.5) is 0 Å². The van der Waals surface area contributed by atoms with E-state index in [0.717, 1.165) is 34.5 Å². The lowest BCUT2D eigenvalue weighted by Crippen LogP contribution is -2.26. The minimum atomic E-state index is -3.65. The van der Waals surface area contributed by atoms with Crippen molar-refractivity contribution in [1.29, 1.82) is 0 Å². The normalized spacial score (nSPS) is 14.5. The van der Waals surface area contributed by atoms with Gasteiger partial charge in [0.25, 0.3) is 10.0 Å².